The molecular formula is C20H20N4O3. The summed E-state index contributed by atoms with van der Waals surface area (Å²) in [7, 11) is 0. The van der Waals surface area contributed by atoms with Crippen LogP contribution in [0.2, 0.25) is 0 Å². The van der Waals surface area contributed by atoms with E-state index in [0.29, 0.717) is 36.5 Å². The Balaban J connectivity index is 1.41. The number of rotatable bonds is 7. The monoisotopic (exact) mass is 364 g/mol. The quantitative estimate of drug-likeness (QED) is 0.441. The molecule has 0 fully saturated rings. The molecule has 2 amide bonds. The summed E-state index contributed by atoms with van der Waals surface area (Å²) in [5.74, 6) is 0.0240. The van der Waals surface area contributed by atoms with Gasteiger partial charge in [-0.1, -0.05) is 41.6 Å². The lowest BCUT2D eigenvalue weighted by atomic mass is 10.1. The molecule has 1 heterocycles. The molecule has 0 spiro atoms. The Kier molecular flexibility index (Phi) is 5.84. The van der Waals surface area contributed by atoms with Crippen LogP contribution in [0.25, 0.3) is 11.3 Å². The summed E-state index contributed by atoms with van der Waals surface area (Å²) in [5.41, 5.74) is 7.78. The number of carbonyl (C=O) groups excluding carboxylic acids is 2. The minimum absolute atomic E-state index is 0.197. The molecule has 7 nitrogen and oxygen atoms in total. The second kappa shape index (κ2) is 8.66. The summed E-state index contributed by atoms with van der Waals surface area (Å²) < 4.78 is 5.21. The third kappa shape index (κ3) is 4.94. The van der Waals surface area contributed by atoms with Crippen LogP contribution in [0.3, 0.4) is 0 Å². The highest BCUT2D eigenvalue weighted by atomic mass is 16.5. The first kappa shape index (κ1) is 18.2. The fourth-order valence-electron chi connectivity index (χ4n) is 2.49. The Labute approximate surface area is 156 Å². The molecule has 4 N–H and O–H groups in total. The normalized spacial score (nSPS) is 10.4. The predicted octanol–water partition coefficient (Wildman–Crippen LogP) is 2.47. The van der Waals surface area contributed by atoms with Crippen molar-refractivity contribution in [3.63, 3.8) is 0 Å². The second-order valence-electron chi connectivity index (χ2n) is 5.93. The van der Waals surface area contributed by atoms with E-state index in [1.807, 2.05) is 30.3 Å². The first-order valence-corrected chi connectivity index (χ1v) is 8.57. The van der Waals surface area contributed by atoms with Crippen LogP contribution in [-0.2, 0) is 0 Å². The second-order valence-corrected chi connectivity index (χ2v) is 5.93. The van der Waals surface area contributed by atoms with Gasteiger partial charge >= 0.3 is 0 Å². The van der Waals surface area contributed by atoms with E-state index in [2.05, 4.69) is 15.8 Å². The molecule has 0 atom stereocenters. The van der Waals surface area contributed by atoms with Gasteiger partial charge in [0, 0.05) is 36.0 Å². The third-order valence-electron chi connectivity index (χ3n) is 3.87. The number of nitrogens with one attached hydrogen (secondary N) is 2. The number of aromatic nitrogens is 1. The van der Waals surface area contributed by atoms with Gasteiger partial charge in [-0.2, -0.15) is 0 Å². The van der Waals surface area contributed by atoms with Crippen molar-refractivity contribution in [3.05, 3.63) is 71.9 Å². The van der Waals surface area contributed by atoms with Crippen LogP contribution in [-0.4, -0.2) is 30.1 Å². The van der Waals surface area contributed by atoms with Crippen molar-refractivity contribution >= 4 is 17.5 Å². The number of anilines is 1. The molecule has 3 rings (SSSR count). The van der Waals surface area contributed by atoms with E-state index in [4.69, 9.17) is 10.3 Å². The van der Waals surface area contributed by atoms with E-state index >= 15 is 0 Å². The van der Waals surface area contributed by atoms with E-state index in [0.717, 1.165) is 5.56 Å². The Morgan fingerprint density at radius 1 is 0.926 bits per heavy atom. The molecule has 0 saturated heterocycles. The lowest BCUT2D eigenvalue weighted by Gasteiger charge is -2.06. The van der Waals surface area contributed by atoms with Gasteiger partial charge in [0.1, 0.15) is 0 Å². The summed E-state index contributed by atoms with van der Waals surface area (Å²) in [6, 6.07) is 17.8. The zero-order valence-corrected chi connectivity index (χ0v) is 14.6. The molecule has 0 bridgehead atoms. The van der Waals surface area contributed by atoms with Crippen molar-refractivity contribution in [1.82, 2.24) is 15.8 Å². The average Bonchev–Trinajstić information content (AvgIpc) is 3.18. The topological polar surface area (TPSA) is 110 Å². The van der Waals surface area contributed by atoms with Crippen molar-refractivity contribution in [2.75, 3.05) is 18.8 Å². The lowest BCUT2D eigenvalue weighted by Crippen LogP contribution is -2.30. The molecule has 0 radical (unpaired) electrons. The number of nitrogen functional groups attached to an aromatic ring is 1. The fraction of sp³-hybridized carbons (Fsp3) is 0.150. The molecule has 138 valence electrons. The number of nitrogens with two attached hydrogens (primary N) is 1. The predicted molar refractivity (Wildman–Crippen MR) is 102 cm³/mol. The largest absolute Gasteiger partial charge is 0.399 e. The number of benzene rings is 2. The first-order valence-electron chi connectivity index (χ1n) is 8.57. The molecule has 1 aromatic heterocycles. The number of hydrogen-bond acceptors (Lipinski definition) is 5. The van der Waals surface area contributed by atoms with Gasteiger partial charge in [0.2, 0.25) is 0 Å². The molecular weight excluding hydrogens is 344 g/mol. The molecule has 0 aliphatic heterocycles. The summed E-state index contributed by atoms with van der Waals surface area (Å²) in [4.78, 5) is 24.1. The maximum atomic E-state index is 12.1. The summed E-state index contributed by atoms with van der Waals surface area (Å²) in [6.45, 7) is 0.839. The van der Waals surface area contributed by atoms with Crippen LogP contribution in [0, 0.1) is 0 Å². The highest BCUT2D eigenvalue weighted by Gasteiger charge is 2.13. The zero-order chi connectivity index (χ0) is 19.1. The van der Waals surface area contributed by atoms with Crippen LogP contribution in [0.1, 0.15) is 27.3 Å². The maximum absolute atomic E-state index is 12.1. The summed E-state index contributed by atoms with van der Waals surface area (Å²) in [5, 5.41) is 9.34. The number of nitrogens with zero attached hydrogens (tertiary/aromatic N) is 1. The standard InChI is InChI=1S/C20H20N4O3/c21-16-9-4-8-15(12-16)19(25)22-10-5-11-23-20(26)17-13-18(27-24-17)14-6-2-1-3-7-14/h1-4,6-9,12-13H,5,10-11,21H2,(H,22,25)(H,23,26). The van der Waals surface area contributed by atoms with Crippen LogP contribution >= 0.6 is 0 Å². The molecule has 0 saturated carbocycles. The molecule has 0 aliphatic carbocycles. The molecule has 2 aromatic carbocycles. The first-order chi connectivity index (χ1) is 13.1. The molecule has 7 heteroatoms. The Bertz CT molecular complexity index is 922. The van der Waals surface area contributed by atoms with E-state index in [1.54, 1.807) is 30.3 Å². The number of hydrogen-bond donors (Lipinski definition) is 3. The Hall–Kier alpha value is -3.61. The van der Waals surface area contributed by atoms with Crippen molar-refractivity contribution < 1.29 is 14.1 Å². The molecule has 3 aromatic rings. The van der Waals surface area contributed by atoms with Crippen LogP contribution in [0.15, 0.2) is 65.2 Å². The smallest absolute Gasteiger partial charge is 0.273 e. The van der Waals surface area contributed by atoms with Gasteiger partial charge in [0.15, 0.2) is 11.5 Å². The van der Waals surface area contributed by atoms with Gasteiger partial charge in [-0.05, 0) is 24.6 Å². The minimum atomic E-state index is -0.317. The maximum Gasteiger partial charge on any atom is 0.273 e. The van der Waals surface area contributed by atoms with Crippen LogP contribution in [0.4, 0.5) is 5.69 Å². The number of amides is 2. The minimum Gasteiger partial charge on any atom is -0.399 e. The van der Waals surface area contributed by atoms with Crippen molar-refractivity contribution in [3.8, 4) is 11.3 Å². The molecule has 0 aliphatic rings. The number of carbonyl (C=O) groups is 2. The average molecular weight is 364 g/mol. The third-order valence-corrected chi connectivity index (χ3v) is 3.87. The van der Waals surface area contributed by atoms with Crippen molar-refractivity contribution in [1.29, 1.82) is 0 Å². The van der Waals surface area contributed by atoms with Gasteiger partial charge in [-0.25, -0.2) is 0 Å². The van der Waals surface area contributed by atoms with Crippen LogP contribution < -0.4 is 16.4 Å². The van der Waals surface area contributed by atoms with E-state index < -0.39 is 0 Å². The van der Waals surface area contributed by atoms with Gasteiger partial charge in [-0.3, -0.25) is 9.59 Å². The van der Waals surface area contributed by atoms with E-state index in [-0.39, 0.29) is 17.5 Å². The van der Waals surface area contributed by atoms with Gasteiger partial charge in [0.25, 0.3) is 11.8 Å². The fourth-order valence-corrected chi connectivity index (χ4v) is 2.49. The highest BCUT2D eigenvalue weighted by molar-refractivity contribution is 5.95. The van der Waals surface area contributed by atoms with E-state index in [1.165, 1.54) is 0 Å². The summed E-state index contributed by atoms with van der Waals surface area (Å²) >= 11 is 0. The molecule has 0 unspecified atom stereocenters. The summed E-state index contributed by atoms with van der Waals surface area (Å²) in [6.07, 6.45) is 0.586. The van der Waals surface area contributed by atoms with Crippen molar-refractivity contribution in [2.45, 2.75) is 6.42 Å². The Morgan fingerprint density at radius 2 is 1.67 bits per heavy atom. The zero-order valence-electron chi connectivity index (χ0n) is 14.6. The lowest BCUT2D eigenvalue weighted by molar-refractivity contribution is 0.0944. The highest BCUT2D eigenvalue weighted by Crippen LogP contribution is 2.19. The van der Waals surface area contributed by atoms with Gasteiger partial charge < -0.3 is 20.9 Å². The van der Waals surface area contributed by atoms with Crippen LogP contribution in [0.5, 0.6) is 0 Å². The van der Waals surface area contributed by atoms with Gasteiger partial charge in [0.05, 0.1) is 0 Å². The Morgan fingerprint density at radius 3 is 2.41 bits per heavy atom. The SMILES string of the molecule is Nc1cccc(C(=O)NCCCNC(=O)c2cc(-c3ccccc3)on2)c1. The van der Waals surface area contributed by atoms with Gasteiger partial charge in [-0.15, -0.1) is 0 Å². The van der Waals surface area contributed by atoms with E-state index in [9.17, 15) is 9.59 Å². The van der Waals surface area contributed by atoms with Crippen molar-refractivity contribution in [2.24, 2.45) is 0 Å². The molecule has 27 heavy (non-hydrogen) atoms.